The molecule has 0 saturated carbocycles. The minimum absolute atomic E-state index is 0.206. The van der Waals surface area contributed by atoms with Crippen LogP contribution in [0.5, 0.6) is 5.75 Å². The van der Waals surface area contributed by atoms with Crippen molar-refractivity contribution in [1.82, 2.24) is 10.7 Å². The van der Waals surface area contributed by atoms with Gasteiger partial charge in [0.05, 0.1) is 22.9 Å². The Morgan fingerprint density at radius 1 is 1.03 bits per heavy atom. The number of hydrazone groups is 1. The number of hydrogen-bond donors (Lipinski definition) is 3. The van der Waals surface area contributed by atoms with Crippen LogP contribution in [0.2, 0.25) is 10.0 Å². The van der Waals surface area contributed by atoms with Crippen molar-refractivity contribution >= 4 is 52.8 Å². The van der Waals surface area contributed by atoms with Crippen LogP contribution in [0.3, 0.4) is 0 Å². The highest BCUT2D eigenvalue weighted by molar-refractivity contribution is 6.42. The Hall–Kier alpha value is -3.14. The predicted octanol–water partition coefficient (Wildman–Crippen LogP) is 2.22. The highest BCUT2D eigenvalue weighted by Crippen LogP contribution is 2.25. The van der Waals surface area contributed by atoms with Gasteiger partial charge in [-0.1, -0.05) is 23.2 Å². The molecule has 31 heavy (non-hydrogen) atoms. The predicted molar refractivity (Wildman–Crippen MR) is 118 cm³/mol. The van der Waals surface area contributed by atoms with Crippen LogP contribution < -0.4 is 20.8 Å². The Labute approximate surface area is 188 Å². The largest absolute Gasteiger partial charge is 0.484 e. The molecule has 0 atom stereocenters. The van der Waals surface area contributed by atoms with E-state index in [4.69, 9.17) is 32.7 Å². The van der Waals surface area contributed by atoms with Crippen LogP contribution in [0.25, 0.3) is 0 Å². The molecule has 0 aliphatic heterocycles. The topological polar surface area (TPSA) is 118 Å². The van der Waals surface area contributed by atoms with Crippen LogP contribution in [0.4, 0.5) is 5.69 Å². The highest BCUT2D eigenvalue weighted by atomic mass is 35.5. The molecule has 0 aliphatic carbocycles. The number of rotatable bonds is 9. The van der Waals surface area contributed by atoms with Crippen LogP contribution in [-0.4, -0.2) is 50.8 Å². The van der Waals surface area contributed by atoms with E-state index in [0.29, 0.717) is 33.7 Å². The van der Waals surface area contributed by atoms with E-state index in [9.17, 15) is 14.4 Å². The monoisotopic (exact) mass is 466 g/mol. The molecule has 2 aromatic rings. The number of benzene rings is 2. The molecule has 0 unspecified atom stereocenters. The van der Waals surface area contributed by atoms with Crippen molar-refractivity contribution in [2.75, 3.05) is 32.2 Å². The molecule has 2 aromatic carbocycles. The maximum atomic E-state index is 12.0. The summed E-state index contributed by atoms with van der Waals surface area (Å²) in [6, 6.07) is 11.3. The van der Waals surface area contributed by atoms with Gasteiger partial charge in [-0.25, -0.2) is 5.43 Å². The molecule has 11 heteroatoms. The van der Waals surface area contributed by atoms with Crippen LogP contribution >= 0.6 is 23.2 Å². The molecule has 0 heterocycles. The molecule has 3 amide bonds. The van der Waals surface area contributed by atoms with Crippen molar-refractivity contribution < 1.29 is 23.9 Å². The molecular weight excluding hydrogens is 447 g/mol. The number of nitrogens with zero attached hydrogens (tertiary/aromatic N) is 1. The molecule has 3 N–H and O–H groups in total. The lowest BCUT2D eigenvalue weighted by atomic mass is 10.2. The summed E-state index contributed by atoms with van der Waals surface area (Å²) in [7, 11) is 1.49. The molecule has 0 aromatic heterocycles. The minimum Gasteiger partial charge on any atom is -0.484 e. The van der Waals surface area contributed by atoms with Gasteiger partial charge in [0.2, 0.25) is 0 Å². The fraction of sp³-hybridized carbons (Fsp3) is 0.200. The molecular formula is C20H20Cl2N4O5. The van der Waals surface area contributed by atoms with Gasteiger partial charge in [0.25, 0.3) is 5.91 Å². The van der Waals surface area contributed by atoms with Crippen LogP contribution in [0.15, 0.2) is 47.6 Å². The van der Waals surface area contributed by atoms with Crippen molar-refractivity contribution in [3.63, 3.8) is 0 Å². The minimum atomic E-state index is -0.889. The number of amides is 3. The second-order valence-electron chi connectivity index (χ2n) is 5.98. The second-order valence-corrected chi connectivity index (χ2v) is 6.80. The fourth-order valence-corrected chi connectivity index (χ4v) is 2.43. The summed E-state index contributed by atoms with van der Waals surface area (Å²) in [6.45, 7) is 0.315. The highest BCUT2D eigenvalue weighted by Gasteiger charge is 2.11. The zero-order valence-corrected chi connectivity index (χ0v) is 18.0. The summed E-state index contributed by atoms with van der Waals surface area (Å²) in [5.41, 5.74) is 3.27. The third-order valence-electron chi connectivity index (χ3n) is 3.63. The van der Waals surface area contributed by atoms with Crippen molar-refractivity contribution in [1.29, 1.82) is 0 Å². The number of nitrogens with one attached hydrogen (secondary N) is 3. The van der Waals surface area contributed by atoms with Crippen molar-refractivity contribution in [3.05, 3.63) is 58.1 Å². The number of halogens is 2. The zero-order chi connectivity index (χ0) is 22.6. The van der Waals surface area contributed by atoms with Gasteiger partial charge in [-0.3, -0.25) is 14.4 Å². The van der Waals surface area contributed by atoms with Crippen molar-refractivity contribution in [2.24, 2.45) is 5.10 Å². The number of anilines is 1. The van der Waals surface area contributed by atoms with Crippen LogP contribution in [0.1, 0.15) is 5.56 Å². The number of carbonyl (C=O) groups excluding carboxylic acids is 3. The van der Waals surface area contributed by atoms with E-state index in [1.165, 1.54) is 19.4 Å². The first kappa shape index (κ1) is 24.1. The Bertz CT molecular complexity index is 951. The first-order valence-corrected chi connectivity index (χ1v) is 9.72. The first-order chi connectivity index (χ1) is 14.9. The molecule has 0 spiro atoms. The molecule has 0 aliphatic rings. The van der Waals surface area contributed by atoms with Gasteiger partial charge in [-0.2, -0.15) is 5.10 Å². The number of methoxy groups -OCH3 is 1. The summed E-state index contributed by atoms with van der Waals surface area (Å²) in [5.74, 6) is -1.60. The van der Waals surface area contributed by atoms with Crippen LogP contribution in [0, 0.1) is 0 Å². The maximum absolute atomic E-state index is 12.0. The Kier molecular flexibility index (Phi) is 9.76. The average molecular weight is 467 g/mol. The van der Waals surface area contributed by atoms with Gasteiger partial charge in [0.1, 0.15) is 5.75 Å². The number of carbonyl (C=O) groups is 3. The first-order valence-electron chi connectivity index (χ1n) is 8.97. The summed E-state index contributed by atoms with van der Waals surface area (Å²) in [4.78, 5) is 35.0. The van der Waals surface area contributed by atoms with Gasteiger partial charge in [-0.15, -0.1) is 0 Å². The number of ether oxygens (including phenoxy) is 2. The van der Waals surface area contributed by atoms with E-state index in [0.717, 1.165) is 0 Å². The number of hydrogen-bond acceptors (Lipinski definition) is 6. The van der Waals surface area contributed by atoms with Gasteiger partial charge >= 0.3 is 11.8 Å². The Balaban J connectivity index is 1.76. The van der Waals surface area contributed by atoms with E-state index in [1.54, 1.807) is 36.4 Å². The molecule has 9 nitrogen and oxygen atoms in total. The molecule has 0 bridgehead atoms. The average Bonchev–Trinajstić information content (AvgIpc) is 2.75. The van der Waals surface area contributed by atoms with Gasteiger partial charge in [0, 0.05) is 19.3 Å². The summed E-state index contributed by atoms with van der Waals surface area (Å²) in [6.07, 6.45) is 1.36. The fourth-order valence-electron chi connectivity index (χ4n) is 2.13. The van der Waals surface area contributed by atoms with Crippen molar-refractivity contribution in [2.45, 2.75) is 0 Å². The third-order valence-corrected chi connectivity index (χ3v) is 4.37. The van der Waals surface area contributed by atoms with E-state index >= 15 is 0 Å². The normalized spacial score (nSPS) is 10.5. The molecule has 0 radical (unpaired) electrons. The lowest BCUT2D eigenvalue weighted by Crippen LogP contribution is -2.39. The summed E-state index contributed by atoms with van der Waals surface area (Å²) >= 11 is 11.7. The standard InChI is InChI=1S/C20H20Cl2N4O5/c1-30-9-8-23-19(28)20(29)26-24-11-13-2-5-15(6-3-13)31-12-18(27)25-14-4-7-16(21)17(22)10-14/h2-7,10-11H,8-9,12H2,1H3,(H,23,28)(H,25,27)(H,26,29)/b24-11-. The van der Waals surface area contributed by atoms with Gasteiger partial charge < -0.3 is 20.1 Å². The maximum Gasteiger partial charge on any atom is 0.329 e. The van der Waals surface area contributed by atoms with E-state index < -0.39 is 11.8 Å². The summed E-state index contributed by atoms with van der Waals surface area (Å²) in [5, 5.41) is 9.46. The van der Waals surface area contributed by atoms with Gasteiger partial charge in [-0.05, 0) is 48.0 Å². The Morgan fingerprint density at radius 2 is 1.77 bits per heavy atom. The summed E-state index contributed by atoms with van der Waals surface area (Å²) < 4.78 is 10.2. The smallest absolute Gasteiger partial charge is 0.329 e. The lowest BCUT2D eigenvalue weighted by molar-refractivity contribution is -0.139. The molecule has 2 rings (SSSR count). The zero-order valence-electron chi connectivity index (χ0n) is 16.5. The van der Waals surface area contributed by atoms with Crippen molar-refractivity contribution in [3.8, 4) is 5.75 Å². The van der Waals surface area contributed by atoms with E-state index in [2.05, 4.69) is 21.2 Å². The second kappa shape index (κ2) is 12.5. The quantitative estimate of drug-likeness (QED) is 0.226. The third kappa shape index (κ3) is 8.63. The molecule has 0 saturated heterocycles. The van der Waals surface area contributed by atoms with E-state index in [-0.39, 0.29) is 19.1 Å². The van der Waals surface area contributed by atoms with Gasteiger partial charge in [0.15, 0.2) is 6.61 Å². The van der Waals surface area contributed by atoms with Crippen LogP contribution in [-0.2, 0) is 19.1 Å². The molecule has 164 valence electrons. The lowest BCUT2D eigenvalue weighted by Gasteiger charge is -2.08. The Morgan fingerprint density at radius 3 is 2.45 bits per heavy atom. The SMILES string of the molecule is COCCNC(=O)C(=O)N/N=C\c1ccc(OCC(=O)Nc2ccc(Cl)c(Cl)c2)cc1. The van der Waals surface area contributed by atoms with E-state index in [1.807, 2.05) is 0 Å². The molecule has 0 fully saturated rings.